The van der Waals surface area contributed by atoms with Crippen LogP contribution < -0.4 is 10.8 Å². The largest absolute Gasteiger partial charge is 0.309 e. The summed E-state index contributed by atoms with van der Waals surface area (Å²) in [6, 6.07) is 0. The molecule has 0 bridgehead atoms. The Morgan fingerprint density at radius 1 is 1.55 bits per heavy atom. The van der Waals surface area contributed by atoms with Gasteiger partial charge in [-0.25, -0.2) is 0 Å². The van der Waals surface area contributed by atoms with Crippen LogP contribution in [0.4, 0.5) is 0 Å². The van der Waals surface area contributed by atoms with E-state index in [4.69, 9.17) is 4.84 Å². The van der Waals surface area contributed by atoms with Crippen LogP contribution in [0.5, 0.6) is 0 Å². The summed E-state index contributed by atoms with van der Waals surface area (Å²) >= 11 is 0. The van der Waals surface area contributed by atoms with Crippen LogP contribution in [-0.2, 0) is 4.84 Å². The number of nitrogens with zero attached hydrogens (tertiary/aromatic N) is 1. The van der Waals surface area contributed by atoms with Crippen molar-refractivity contribution in [1.29, 1.82) is 0 Å². The average Bonchev–Trinajstić information content (AvgIpc) is 2.67. The van der Waals surface area contributed by atoms with E-state index in [1.165, 1.54) is 0 Å². The van der Waals surface area contributed by atoms with E-state index >= 15 is 0 Å². The molecule has 66 valence electrons. The molecule has 1 atom stereocenters. The summed E-state index contributed by atoms with van der Waals surface area (Å²) in [5.41, 5.74) is 2.87. The number of hydrogen-bond donors (Lipinski definition) is 2. The zero-order valence-electron chi connectivity index (χ0n) is 7.48. The minimum atomic E-state index is -0.209. The van der Waals surface area contributed by atoms with Crippen LogP contribution in [-0.4, -0.2) is 37.9 Å². The molecule has 0 aromatic heterocycles. The van der Waals surface area contributed by atoms with Gasteiger partial charge in [0.25, 0.3) is 0 Å². The fourth-order valence-corrected chi connectivity index (χ4v) is 0.991. The van der Waals surface area contributed by atoms with Gasteiger partial charge in [0.05, 0.1) is 0 Å². The van der Waals surface area contributed by atoms with Crippen molar-refractivity contribution in [2.45, 2.75) is 19.2 Å². The number of hydrogen-bond acceptors (Lipinski definition) is 4. The molecule has 0 aromatic carbocycles. The summed E-state index contributed by atoms with van der Waals surface area (Å²) < 4.78 is 0. The van der Waals surface area contributed by atoms with E-state index < -0.39 is 0 Å². The summed E-state index contributed by atoms with van der Waals surface area (Å²) in [7, 11) is 4.12. The molecule has 1 saturated heterocycles. The molecule has 11 heavy (non-hydrogen) atoms. The Kier molecular flexibility index (Phi) is 2.84. The zero-order chi connectivity index (χ0) is 8.32. The second-order valence-corrected chi connectivity index (χ2v) is 3.11. The lowest BCUT2D eigenvalue weighted by Gasteiger charge is -2.13. The van der Waals surface area contributed by atoms with Crippen molar-refractivity contribution >= 4 is 0 Å². The van der Waals surface area contributed by atoms with Crippen LogP contribution in [0.15, 0.2) is 0 Å². The Bertz CT molecular complexity index is 123. The standard InChI is InChI=1S/C7H17N3O/c1-4-8-7(9-11-7)5-6-10(2)3/h8-9H,4-6H2,1-3H3. The van der Waals surface area contributed by atoms with Crippen LogP contribution in [0.1, 0.15) is 13.3 Å². The van der Waals surface area contributed by atoms with Gasteiger partial charge < -0.3 is 4.90 Å². The Morgan fingerprint density at radius 3 is 2.55 bits per heavy atom. The molecule has 0 amide bonds. The molecule has 0 radical (unpaired) electrons. The van der Waals surface area contributed by atoms with E-state index in [2.05, 4.69) is 36.7 Å². The van der Waals surface area contributed by atoms with Crippen LogP contribution in [0.2, 0.25) is 0 Å². The van der Waals surface area contributed by atoms with Gasteiger partial charge in [0.1, 0.15) is 0 Å². The molecule has 1 aliphatic heterocycles. The Labute approximate surface area is 67.9 Å². The maximum absolute atomic E-state index is 5.10. The lowest BCUT2D eigenvalue weighted by Crippen LogP contribution is -2.38. The molecule has 1 rings (SSSR count). The summed E-state index contributed by atoms with van der Waals surface area (Å²) in [5.74, 6) is -0.209. The molecule has 0 spiro atoms. The average molecular weight is 159 g/mol. The van der Waals surface area contributed by atoms with Crippen molar-refractivity contribution in [1.82, 2.24) is 15.7 Å². The third kappa shape index (κ3) is 2.75. The molecule has 1 fully saturated rings. The zero-order valence-corrected chi connectivity index (χ0v) is 7.48. The molecular weight excluding hydrogens is 142 g/mol. The minimum absolute atomic E-state index is 0.209. The Balaban J connectivity index is 2.14. The fraction of sp³-hybridized carbons (Fsp3) is 1.00. The minimum Gasteiger partial charge on any atom is -0.309 e. The number of rotatable bonds is 5. The monoisotopic (exact) mass is 159 g/mol. The van der Waals surface area contributed by atoms with E-state index in [9.17, 15) is 0 Å². The first kappa shape index (κ1) is 8.93. The topological polar surface area (TPSA) is 49.7 Å². The van der Waals surface area contributed by atoms with Crippen molar-refractivity contribution in [2.75, 3.05) is 27.2 Å². The van der Waals surface area contributed by atoms with Crippen molar-refractivity contribution in [3.8, 4) is 0 Å². The van der Waals surface area contributed by atoms with Gasteiger partial charge in [-0.2, -0.15) is 5.48 Å². The van der Waals surface area contributed by atoms with E-state index in [-0.39, 0.29) is 5.85 Å². The first-order valence-electron chi connectivity index (χ1n) is 4.03. The molecule has 4 heteroatoms. The van der Waals surface area contributed by atoms with E-state index in [0.29, 0.717) is 0 Å². The lowest BCUT2D eigenvalue weighted by atomic mass is 10.3. The molecule has 4 nitrogen and oxygen atoms in total. The molecular formula is C7H17N3O. The molecule has 2 N–H and O–H groups in total. The maximum atomic E-state index is 5.10. The van der Waals surface area contributed by atoms with Gasteiger partial charge in [0, 0.05) is 13.0 Å². The van der Waals surface area contributed by atoms with Gasteiger partial charge >= 0.3 is 0 Å². The molecule has 0 aliphatic carbocycles. The van der Waals surface area contributed by atoms with Gasteiger partial charge in [-0.05, 0) is 20.6 Å². The summed E-state index contributed by atoms with van der Waals surface area (Å²) in [5, 5.41) is 3.23. The van der Waals surface area contributed by atoms with Crippen LogP contribution in [0.3, 0.4) is 0 Å². The second kappa shape index (κ2) is 3.49. The summed E-state index contributed by atoms with van der Waals surface area (Å²) in [4.78, 5) is 7.24. The molecule has 0 aromatic rings. The highest BCUT2D eigenvalue weighted by molar-refractivity contribution is 4.80. The quantitative estimate of drug-likeness (QED) is 0.542. The van der Waals surface area contributed by atoms with Gasteiger partial charge in [-0.1, -0.05) is 6.92 Å². The molecule has 1 aliphatic rings. The predicted octanol–water partition coefficient (Wildman–Crippen LogP) is -0.264. The molecule has 0 saturated carbocycles. The Hall–Kier alpha value is -0.160. The first-order valence-corrected chi connectivity index (χ1v) is 4.03. The van der Waals surface area contributed by atoms with Crippen LogP contribution in [0, 0.1) is 0 Å². The molecule has 1 unspecified atom stereocenters. The molecule has 1 heterocycles. The number of nitrogens with one attached hydrogen (secondary N) is 2. The van der Waals surface area contributed by atoms with Crippen LogP contribution in [0.25, 0.3) is 0 Å². The maximum Gasteiger partial charge on any atom is 0.216 e. The second-order valence-electron chi connectivity index (χ2n) is 3.11. The summed E-state index contributed by atoms with van der Waals surface area (Å²) in [6.45, 7) is 4.03. The first-order chi connectivity index (χ1) is 5.18. The highest BCUT2D eigenvalue weighted by atomic mass is 16.8. The number of hydroxylamine groups is 1. The van der Waals surface area contributed by atoms with E-state index in [1.54, 1.807) is 0 Å². The van der Waals surface area contributed by atoms with Crippen molar-refractivity contribution in [3.63, 3.8) is 0 Å². The van der Waals surface area contributed by atoms with Crippen molar-refractivity contribution in [3.05, 3.63) is 0 Å². The van der Waals surface area contributed by atoms with Crippen LogP contribution >= 0.6 is 0 Å². The SMILES string of the molecule is CCNC1(CCN(C)C)NO1. The highest BCUT2D eigenvalue weighted by Crippen LogP contribution is 2.19. The van der Waals surface area contributed by atoms with Crippen molar-refractivity contribution < 1.29 is 4.84 Å². The predicted molar refractivity (Wildman–Crippen MR) is 43.8 cm³/mol. The van der Waals surface area contributed by atoms with Gasteiger partial charge in [-0.3, -0.25) is 10.2 Å². The van der Waals surface area contributed by atoms with Gasteiger partial charge in [0.2, 0.25) is 5.85 Å². The fourth-order valence-electron chi connectivity index (χ4n) is 0.991. The highest BCUT2D eigenvalue weighted by Gasteiger charge is 2.43. The van der Waals surface area contributed by atoms with Gasteiger partial charge in [-0.15, -0.1) is 0 Å². The Morgan fingerprint density at radius 2 is 2.18 bits per heavy atom. The summed E-state index contributed by atoms with van der Waals surface area (Å²) in [6.07, 6.45) is 0.980. The van der Waals surface area contributed by atoms with E-state index in [0.717, 1.165) is 19.5 Å². The van der Waals surface area contributed by atoms with Gasteiger partial charge in [0.15, 0.2) is 0 Å². The third-order valence-corrected chi connectivity index (χ3v) is 1.72. The normalized spacial score (nSPS) is 29.5. The van der Waals surface area contributed by atoms with Crippen molar-refractivity contribution in [2.24, 2.45) is 0 Å². The smallest absolute Gasteiger partial charge is 0.216 e. The third-order valence-electron chi connectivity index (χ3n) is 1.72. The lowest BCUT2D eigenvalue weighted by molar-refractivity contribution is 0.219. The van der Waals surface area contributed by atoms with E-state index in [1.807, 2.05) is 0 Å².